The Bertz CT molecular complexity index is 551. The van der Waals surface area contributed by atoms with E-state index in [0.29, 0.717) is 24.5 Å². The fourth-order valence-corrected chi connectivity index (χ4v) is 2.10. The third kappa shape index (κ3) is 2.99. The van der Waals surface area contributed by atoms with Gasteiger partial charge in [0.15, 0.2) is 11.5 Å². The van der Waals surface area contributed by atoms with Gasteiger partial charge in [-0.2, -0.15) is 0 Å². The van der Waals surface area contributed by atoms with Crippen molar-refractivity contribution in [2.75, 3.05) is 20.8 Å². The molecule has 0 saturated carbocycles. The van der Waals surface area contributed by atoms with Crippen LogP contribution >= 0.6 is 0 Å². The van der Waals surface area contributed by atoms with E-state index in [1.165, 1.54) is 11.0 Å². The van der Waals surface area contributed by atoms with Crippen LogP contribution in [0.3, 0.4) is 0 Å². The SMILES string of the molecule is COc1ccc(/C=C/C(=O)N2CCCC2=O)cc1OC. The molecule has 0 spiro atoms. The van der Waals surface area contributed by atoms with Gasteiger partial charge in [0.1, 0.15) is 0 Å². The second kappa shape index (κ2) is 6.23. The molecule has 0 radical (unpaired) electrons. The van der Waals surface area contributed by atoms with E-state index < -0.39 is 0 Å². The van der Waals surface area contributed by atoms with Gasteiger partial charge in [-0.25, -0.2) is 0 Å². The number of likely N-dealkylation sites (tertiary alicyclic amines) is 1. The quantitative estimate of drug-likeness (QED) is 0.787. The van der Waals surface area contributed by atoms with E-state index >= 15 is 0 Å². The molecule has 0 N–H and O–H groups in total. The van der Waals surface area contributed by atoms with E-state index in [9.17, 15) is 9.59 Å². The molecule has 0 bridgehead atoms. The summed E-state index contributed by atoms with van der Waals surface area (Å²) in [6, 6.07) is 5.36. The first-order valence-electron chi connectivity index (χ1n) is 6.40. The van der Waals surface area contributed by atoms with Gasteiger partial charge in [-0.3, -0.25) is 14.5 Å². The Hall–Kier alpha value is -2.30. The van der Waals surface area contributed by atoms with E-state index in [0.717, 1.165) is 12.0 Å². The fourth-order valence-electron chi connectivity index (χ4n) is 2.10. The van der Waals surface area contributed by atoms with E-state index in [1.54, 1.807) is 32.4 Å². The maximum Gasteiger partial charge on any atom is 0.253 e. The molecule has 1 saturated heterocycles. The lowest BCUT2D eigenvalue weighted by Crippen LogP contribution is -2.30. The topological polar surface area (TPSA) is 55.8 Å². The van der Waals surface area contributed by atoms with Crippen molar-refractivity contribution >= 4 is 17.9 Å². The molecule has 5 nitrogen and oxygen atoms in total. The molecule has 0 aromatic heterocycles. The summed E-state index contributed by atoms with van der Waals surface area (Å²) in [5.74, 6) is 0.847. The van der Waals surface area contributed by atoms with Gasteiger partial charge >= 0.3 is 0 Å². The zero-order valence-electron chi connectivity index (χ0n) is 11.6. The number of methoxy groups -OCH3 is 2. The van der Waals surface area contributed by atoms with E-state index in [4.69, 9.17) is 9.47 Å². The third-order valence-electron chi connectivity index (χ3n) is 3.17. The van der Waals surface area contributed by atoms with Crippen molar-refractivity contribution in [1.82, 2.24) is 4.90 Å². The minimum Gasteiger partial charge on any atom is -0.493 e. The van der Waals surface area contributed by atoms with E-state index in [-0.39, 0.29) is 11.8 Å². The molecule has 0 unspecified atom stereocenters. The van der Waals surface area contributed by atoms with Crippen LogP contribution in [0.2, 0.25) is 0 Å². The molecule has 2 amide bonds. The van der Waals surface area contributed by atoms with Gasteiger partial charge in [0.2, 0.25) is 5.91 Å². The van der Waals surface area contributed by atoms with Gasteiger partial charge in [0.05, 0.1) is 14.2 Å². The molecule has 0 atom stereocenters. The Kier molecular flexibility index (Phi) is 4.40. The highest BCUT2D eigenvalue weighted by atomic mass is 16.5. The molecule has 1 aromatic rings. The summed E-state index contributed by atoms with van der Waals surface area (Å²) < 4.78 is 10.3. The largest absolute Gasteiger partial charge is 0.493 e. The standard InChI is InChI=1S/C15H17NO4/c1-19-12-7-5-11(10-13(12)20-2)6-8-15(18)16-9-3-4-14(16)17/h5-8,10H,3-4,9H2,1-2H3/b8-6+. The Balaban J connectivity index is 2.11. The molecular weight excluding hydrogens is 258 g/mol. The number of amides is 2. The van der Waals surface area contributed by atoms with Crippen LogP contribution in [-0.4, -0.2) is 37.5 Å². The second-order valence-corrected chi connectivity index (χ2v) is 4.43. The smallest absolute Gasteiger partial charge is 0.253 e. The summed E-state index contributed by atoms with van der Waals surface area (Å²) in [5, 5.41) is 0. The number of carbonyl (C=O) groups excluding carboxylic acids is 2. The van der Waals surface area contributed by atoms with Crippen molar-refractivity contribution in [2.24, 2.45) is 0 Å². The molecule has 106 valence electrons. The van der Waals surface area contributed by atoms with Gasteiger partial charge in [-0.1, -0.05) is 6.07 Å². The highest BCUT2D eigenvalue weighted by molar-refractivity contribution is 6.03. The predicted molar refractivity (Wildman–Crippen MR) is 74.5 cm³/mol. The second-order valence-electron chi connectivity index (χ2n) is 4.43. The molecule has 1 aliphatic heterocycles. The van der Waals surface area contributed by atoms with Gasteiger partial charge in [-0.05, 0) is 30.2 Å². The number of hydrogen-bond acceptors (Lipinski definition) is 4. The fraction of sp³-hybridized carbons (Fsp3) is 0.333. The molecule has 1 aliphatic rings. The van der Waals surface area contributed by atoms with Crippen molar-refractivity contribution in [3.05, 3.63) is 29.8 Å². The average Bonchev–Trinajstić information content (AvgIpc) is 2.90. The molecular formula is C15H17NO4. The van der Waals surface area contributed by atoms with Gasteiger partial charge < -0.3 is 9.47 Å². The van der Waals surface area contributed by atoms with Gasteiger partial charge in [0, 0.05) is 19.0 Å². The average molecular weight is 275 g/mol. The van der Waals surface area contributed by atoms with Crippen molar-refractivity contribution in [3.63, 3.8) is 0 Å². The van der Waals surface area contributed by atoms with Crippen molar-refractivity contribution in [1.29, 1.82) is 0 Å². The minimum absolute atomic E-state index is 0.105. The lowest BCUT2D eigenvalue weighted by molar-refractivity contribution is -0.138. The lowest BCUT2D eigenvalue weighted by Gasteiger charge is -2.10. The summed E-state index contributed by atoms with van der Waals surface area (Å²) in [7, 11) is 3.12. The maximum absolute atomic E-state index is 11.9. The Labute approximate surface area is 117 Å². The Morgan fingerprint density at radius 1 is 1.25 bits per heavy atom. The Morgan fingerprint density at radius 2 is 2.00 bits per heavy atom. The number of imide groups is 1. The number of hydrogen-bond donors (Lipinski definition) is 0. The van der Waals surface area contributed by atoms with Crippen molar-refractivity contribution < 1.29 is 19.1 Å². The summed E-state index contributed by atoms with van der Waals surface area (Å²) >= 11 is 0. The first-order chi connectivity index (χ1) is 9.65. The van der Waals surface area contributed by atoms with Crippen molar-refractivity contribution in [3.8, 4) is 11.5 Å². The van der Waals surface area contributed by atoms with Crippen LogP contribution in [0.4, 0.5) is 0 Å². The summed E-state index contributed by atoms with van der Waals surface area (Å²) in [5.41, 5.74) is 0.808. The molecule has 0 aliphatic carbocycles. The molecule has 2 rings (SSSR count). The number of carbonyl (C=O) groups is 2. The van der Waals surface area contributed by atoms with Crippen LogP contribution in [0, 0.1) is 0 Å². The number of nitrogens with zero attached hydrogens (tertiary/aromatic N) is 1. The van der Waals surface area contributed by atoms with Gasteiger partial charge in [-0.15, -0.1) is 0 Å². The van der Waals surface area contributed by atoms with Gasteiger partial charge in [0.25, 0.3) is 5.91 Å². The van der Waals surface area contributed by atoms with E-state index in [1.807, 2.05) is 6.07 Å². The van der Waals surface area contributed by atoms with Crippen LogP contribution in [0.15, 0.2) is 24.3 Å². The van der Waals surface area contributed by atoms with Crippen LogP contribution in [0.5, 0.6) is 11.5 Å². The summed E-state index contributed by atoms with van der Waals surface area (Å²) in [6.45, 7) is 0.508. The van der Waals surface area contributed by atoms with Crippen LogP contribution in [-0.2, 0) is 9.59 Å². The number of rotatable bonds is 4. The predicted octanol–water partition coefficient (Wildman–Crippen LogP) is 1.87. The minimum atomic E-state index is -0.276. The summed E-state index contributed by atoms with van der Waals surface area (Å²) in [6.07, 6.45) is 4.27. The molecule has 1 heterocycles. The lowest BCUT2D eigenvalue weighted by atomic mass is 10.2. The monoisotopic (exact) mass is 275 g/mol. The first kappa shape index (κ1) is 14.1. The van der Waals surface area contributed by atoms with E-state index in [2.05, 4.69) is 0 Å². The highest BCUT2D eigenvalue weighted by Crippen LogP contribution is 2.28. The van der Waals surface area contributed by atoms with Crippen LogP contribution < -0.4 is 9.47 Å². The summed E-state index contributed by atoms with van der Waals surface area (Å²) in [4.78, 5) is 24.6. The zero-order chi connectivity index (χ0) is 14.5. The van der Waals surface area contributed by atoms with Crippen molar-refractivity contribution in [2.45, 2.75) is 12.8 Å². The molecule has 1 aromatic carbocycles. The van der Waals surface area contributed by atoms with Crippen LogP contribution in [0.25, 0.3) is 6.08 Å². The third-order valence-corrected chi connectivity index (χ3v) is 3.17. The molecule has 20 heavy (non-hydrogen) atoms. The molecule has 1 fully saturated rings. The normalized spacial score (nSPS) is 14.9. The zero-order valence-corrected chi connectivity index (χ0v) is 11.6. The number of ether oxygens (including phenoxy) is 2. The first-order valence-corrected chi connectivity index (χ1v) is 6.40. The maximum atomic E-state index is 11.9. The molecule has 5 heteroatoms. The Morgan fingerprint density at radius 3 is 2.60 bits per heavy atom. The van der Waals surface area contributed by atoms with Crippen LogP contribution in [0.1, 0.15) is 18.4 Å². The number of benzene rings is 1. The highest BCUT2D eigenvalue weighted by Gasteiger charge is 2.24.